The molecule has 0 aromatic rings. The Bertz CT molecular complexity index is 494. The quantitative estimate of drug-likeness (QED) is 0.604. The van der Waals surface area contributed by atoms with Gasteiger partial charge in [0.2, 0.25) is 0 Å². The van der Waals surface area contributed by atoms with Crippen molar-refractivity contribution in [2.45, 2.75) is 12.8 Å². The maximum Gasteiger partial charge on any atom is 0.162 e. The number of allylic oxidation sites excluding steroid dienone is 2. The summed E-state index contributed by atoms with van der Waals surface area (Å²) < 4.78 is 0. The van der Waals surface area contributed by atoms with E-state index in [4.69, 9.17) is 0 Å². The molecule has 3 aliphatic rings. The van der Waals surface area contributed by atoms with E-state index < -0.39 is 0 Å². The van der Waals surface area contributed by atoms with E-state index in [1.807, 2.05) is 18.4 Å². The number of carbonyl (C=O) groups excluding carboxylic acids is 1. The second kappa shape index (κ2) is 3.37. The van der Waals surface area contributed by atoms with E-state index in [1.54, 1.807) is 12.4 Å². The molecule has 1 spiro atoms. The van der Waals surface area contributed by atoms with Crippen LogP contribution in [0.5, 0.6) is 0 Å². The minimum absolute atomic E-state index is 0.206. The van der Waals surface area contributed by atoms with Gasteiger partial charge in [-0.2, -0.15) is 0 Å². The highest BCUT2D eigenvalue weighted by atomic mass is 16.1. The van der Waals surface area contributed by atoms with Gasteiger partial charge < -0.3 is 0 Å². The number of Topliss-reactive ketones (excluding diaryl/α,β-unsaturated/α-hetero) is 1. The van der Waals surface area contributed by atoms with Gasteiger partial charge in [0.05, 0.1) is 12.0 Å². The van der Waals surface area contributed by atoms with Crippen LogP contribution in [0, 0.1) is 5.41 Å². The Labute approximate surface area is 94.0 Å². The molecule has 16 heavy (non-hydrogen) atoms. The van der Waals surface area contributed by atoms with Crippen molar-refractivity contribution in [2.75, 3.05) is 6.54 Å². The fourth-order valence-electron chi connectivity index (χ4n) is 2.60. The van der Waals surface area contributed by atoms with Gasteiger partial charge in [-0.1, -0.05) is 11.6 Å². The van der Waals surface area contributed by atoms with Crippen LogP contribution in [0.25, 0.3) is 0 Å². The topological polar surface area (TPSA) is 41.8 Å². The highest BCUT2D eigenvalue weighted by Crippen LogP contribution is 2.46. The van der Waals surface area contributed by atoms with Gasteiger partial charge in [-0.25, -0.2) is 0 Å². The SMILES string of the molecule is O=C1CCC2=CC=NCC23C=CC=NC=C13. The number of hydrogen-bond donors (Lipinski definition) is 0. The van der Waals surface area contributed by atoms with Crippen molar-refractivity contribution < 1.29 is 4.79 Å². The zero-order valence-corrected chi connectivity index (χ0v) is 8.89. The van der Waals surface area contributed by atoms with Crippen LogP contribution in [0.15, 0.2) is 45.6 Å². The predicted molar refractivity (Wildman–Crippen MR) is 63.8 cm³/mol. The minimum atomic E-state index is -0.305. The summed E-state index contributed by atoms with van der Waals surface area (Å²) in [4.78, 5) is 20.4. The molecule has 0 aromatic carbocycles. The Morgan fingerprint density at radius 3 is 3.12 bits per heavy atom. The molecule has 1 saturated carbocycles. The standard InChI is InChI=1S/C13H12N2O/c16-12-3-2-10-4-7-15-9-13(10)5-1-6-14-8-11(12)13/h1,4-8H,2-3,9H2. The van der Waals surface area contributed by atoms with E-state index in [0.29, 0.717) is 13.0 Å². The molecule has 1 fully saturated rings. The molecule has 0 bridgehead atoms. The van der Waals surface area contributed by atoms with Crippen LogP contribution in [0.3, 0.4) is 0 Å². The van der Waals surface area contributed by atoms with Crippen molar-refractivity contribution in [1.29, 1.82) is 0 Å². The van der Waals surface area contributed by atoms with Gasteiger partial charge in [0.1, 0.15) is 0 Å². The summed E-state index contributed by atoms with van der Waals surface area (Å²) in [5.41, 5.74) is 1.78. The second-order valence-corrected chi connectivity index (χ2v) is 4.28. The Morgan fingerprint density at radius 2 is 2.19 bits per heavy atom. The number of rotatable bonds is 0. The Kier molecular flexibility index (Phi) is 1.99. The van der Waals surface area contributed by atoms with Crippen LogP contribution in [0.1, 0.15) is 12.8 Å². The lowest BCUT2D eigenvalue weighted by Crippen LogP contribution is -2.36. The highest BCUT2D eigenvalue weighted by Gasteiger charge is 2.43. The lowest BCUT2D eigenvalue weighted by Gasteiger charge is -2.38. The molecule has 3 heteroatoms. The molecular weight excluding hydrogens is 200 g/mol. The van der Waals surface area contributed by atoms with Gasteiger partial charge in [0.25, 0.3) is 0 Å². The van der Waals surface area contributed by atoms with Crippen LogP contribution in [-0.2, 0) is 4.79 Å². The maximum absolute atomic E-state index is 12.0. The summed E-state index contributed by atoms with van der Waals surface area (Å²) in [7, 11) is 0. The van der Waals surface area contributed by atoms with E-state index in [-0.39, 0.29) is 11.2 Å². The third-order valence-electron chi connectivity index (χ3n) is 3.45. The summed E-state index contributed by atoms with van der Waals surface area (Å²) in [6.07, 6.45) is 12.7. The van der Waals surface area contributed by atoms with Gasteiger partial charge in [0.15, 0.2) is 5.78 Å². The molecule has 0 radical (unpaired) electrons. The normalized spacial score (nSPS) is 31.4. The van der Waals surface area contributed by atoms with Crippen molar-refractivity contribution in [3.63, 3.8) is 0 Å². The molecule has 0 N–H and O–H groups in total. The molecule has 0 aromatic heterocycles. The molecule has 3 rings (SSSR count). The van der Waals surface area contributed by atoms with Crippen LogP contribution in [-0.4, -0.2) is 24.8 Å². The number of carbonyl (C=O) groups is 1. The van der Waals surface area contributed by atoms with Gasteiger partial charge in [-0.3, -0.25) is 14.8 Å². The first-order valence-electron chi connectivity index (χ1n) is 5.47. The fourth-order valence-corrected chi connectivity index (χ4v) is 2.60. The first-order chi connectivity index (χ1) is 7.83. The van der Waals surface area contributed by atoms with Crippen LogP contribution >= 0.6 is 0 Å². The number of hydrogen-bond acceptors (Lipinski definition) is 3. The molecular formula is C13H12N2O. The van der Waals surface area contributed by atoms with Gasteiger partial charge in [-0.15, -0.1) is 0 Å². The largest absolute Gasteiger partial charge is 0.294 e. The lowest BCUT2D eigenvalue weighted by molar-refractivity contribution is -0.117. The lowest BCUT2D eigenvalue weighted by atomic mass is 9.65. The monoisotopic (exact) mass is 212 g/mol. The summed E-state index contributed by atoms with van der Waals surface area (Å²) in [5.74, 6) is 0.206. The zero-order chi connectivity index (χ0) is 11.0. The van der Waals surface area contributed by atoms with Crippen LogP contribution < -0.4 is 0 Å². The summed E-state index contributed by atoms with van der Waals surface area (Å²) in [6.45, 7) is 0.635. The molecule has 80 valence electrons. The van der Waals surface area contributed by atoms with Crippen molar-refractivity contribution in [3.05, 3.63) is 35.6 Å². The van der Waals surface area contributed by atoms with Crippen molar-refractivity contribution in [2.24, 2.45) is 15.4 Å². The molecule has 2 aliphatic heterocycles. The van der Waals surface area contributed by atoms with E-state index in [2.05, 4.69) is 16.1 Å². The molecule has 2 heterocycles. The summed E-state index contributed by atoms with van der Waals surface area (Å²) >= 11 is 0. The van der Waals surface area contributed by atoms with E-state index in [1.165, 1.54) is 5.57 Å². The third-order valence-corrected chi connectivity index (χ3v) is 3.45. The zero-order valence-electron chi connectivity index (χ0n) is 8.89. The van der Waals surface area contributed by atoms with Crippen LogP contribution in [0.2, 0.25) is 0 Å². The number of dihydropyridines is 1. The molecule has 1 atom stereocenters. The number of nitrogens with zero attached hydrogens (tertiary/aromatic N) is 2. The van der Waals surface area contributed by atoms with Crippen molar-refractivity contribution in [3.8, 4) is 0 Å². The first kappa shape index (κ1) is 9.46. The van der Waals surface area contributed by atoms with E-state index >= 15 is 0 Å². The minimum Gasteiger partial charge on any atom is -0.294 e. The van der Waals surface area contributed by atoms with E-state index in [9.17, 15) is 4.79 Å². The maximum atomic E-state index is 12.0. The smallest absolute Gasteiger partial charge is 0.162 e. The first-order valence-corrected chi connectivity index (χ1v) is 5.47. The summed E-state index contributed by atoms with van der Waals surface area (Å²) in [5, 5.41) is 0. The van der Waals surface area contributed by atoms with Gasteiger partial charge >= 0.3 is 0 Å². The molecule has 0 saturated heterocycles. The Balaban J connectivity index is 2.20. The second-order valence-electron chi connectivity index (χ2n) is 4.28. The highest BCUT2D eigenvalue weighted by molar-refractivity contribution is 6.01. The van der Waals surface area contributed by atoms with Gasteiger partial charge in [-0.05, 0) is 18.6 Å². The van der Waals surface area contributed by atoms with Crippen molar-refractivity contribution >= 4 is 18.2 Å². The summed E-state index contributed by atoms with van der Waals surface area (Å²) in [6, 6.07) is 0. The Hall–Kier alpha value is -1.77. The fraction of sp³-hybridized carbons (Fsp3) is 0.308. The number of aliphatic imine (C=N–C) groups is 2. The van der Waals surface area contributed by atoms with Crippen LogP contribution in [0.4, 0.5) is 0 Å². The number of ketones is 1. The average molecular weight is 212 g/mol. The molecule has 1 aliphatic carbocycles. The van der Waals surface area contributed by atoms with E-state index in [0.717, 1.165) is 12.0 Å². The predicted octanol–water partition coefficient (Wildman–Crippen LogP) is 1.87. The average Bonchev–Trinajstić information content (AvgIpc) is 2.52. The Morgan fingerprint density at radius 1 is 1.25 bits per heavy atom. The molecule has 0 amide bonds. The third kappa shape index (κ3) is 1.18. The molecule has 1 unspecified atom stereocenters. The van der Waals surface area contributed by atoms with Crippen molar-refractivity contribution in [1.82, 2.24) is 0 Å². The van der Waals surface area contributed by atoms with Gasteiger partial charge in [0, 0.05) is 30.6 Å². The molecule has 3 nitrogen and oxygen atoms in total.